The van der Waals surface area contributed by atoms with E-state index in [1.807, 2.05) is 88.0 Å². The van der Waals surface area contributed by atoms with Gasteiger partial charge in [-0.3, -0.25) is 9.78 Å². The zero-order chi connectivity index (χ0) is 36.4. The first-order chi connectivity index (χ1) is 24.4. The minimum absolute atomic E-state index is 0.0187. The van der Waals surface area contributed by atoms with Crippen molar-refractivity contribution < 1.29 is 19.1 Å². The van der Waals surface area contributed by atoms with Gasteiger partial charge in [-0.25, -0.2) is 9.78 Å². The Balaban J connectivity index is 1.31. The maximum absolute atomic E-state index is 13.3. The zero-order valence-corrected chi connectivity index (χ0v) is 31.2. The number of hydrogen-bond acceptors (Lipinski definition) is 7. The number of benzene rings is 2. The molecular weight excluding hydrogens is 687 g/mol. The second-order valence-electron chi connectivity index (χ2n) is 13.7. The second-order valence-corrected chi connectivity index (χ2v) is 14.5. The van der Waals surface area contributed by atoms with Gasteiger partial charge in [-0.15, -0.1) is 0 Å². The molecule has 2 amide bonds. The average molecular weight is 730 g/mol. The van der Waals surface area contributed by atoms with E-state index in [2.05, 4.69) is 27.9 Å². The molecule has 0 saturated carbocycles. The van der Waals surface area contributed by atoms with Crippen LogP contribution in [0, 0.1) is 0 Å². The number of fused-ring (bicyclic) bond motifs is 1. The Morgan fingerprint density at radius 2 is 1.82 bits per heavy atom. The van der Waals surface area contributed by atoms with Crippen LogP contribution in [0.3, 0.4) is 0 Å². The van der Waals surface area contributed by atoms with Crippen molar-refractivity contribution in [2.24, 2.45) is 7.05 Å². The van der Waals surface area contributed by atoms with Gasteiger partial charge in [-0.1, -0.05) is 53.5 Å². The van der Waals surface area contributed by atoms with E-state index in [1.54, 1.807) is 18.2 Å². The van der Waals surface area contributed by atoms with Crippen molar-refractivity contribution in [3.8, 4) is 39.4 Å². The normalized spacial score (nSPS) is 14.5. The number of carbonyl (C=O) groups excluding carboxylic acids is 2. The van der Waals surface area contributed by atoms with Crippen molar-refractivity contribution in [1.29, 1.82) is 0 Å². The molecule has 5 aromatic rings. The molecule has 51 heavy (non-hydrogen) atoms. The number of aryl methyl sites for hydroxylation is 1. The first kappa shape index (κ1) is 36.2. The predicted octanol–water partition coefficient (Wildman–Crippen LogP) is 8.02. The molecule has 6 rings (SSSR count). The van der Waals surface area contributed by atoms with Crippen LogP contribution in [0.25, 0.3) is 44.7 Å². The number of methoxy groups -OCH3 is 1. The second kappa shape index (κ2) is 14.9. The first-order valence-corrected chi connectivity index (χ1v) is 17.6. The van der Waals surface area contributed by atoms with Gasteiger partial charge in [-0.2, -0.15) is 0 Å². The standard InChI is InChI=1S/C39H42Cl2N6O4/c1-39(2,3)51-38(49)47(22-26-12-15-33(48)44-26)21-24-11-10-23(18-32(24)50-6)36-35(41)29(16-17-43-36)28-8-7-9-30(34(28)40)31-14-13-27-25(19-42-4)20-46(5)37(27)45-31/h7-11,13-14,16-18,20,26,42H,12,15,19,21-22H2,1-6H3,(H,44,48)/t26-/m0/s1. The highest BCUT2D eigenvalue weighted by Gasteiger charge is 2.29. The molecule has 4 heterocycles. The summed E-state index contributed by atoms with van der Waals surface area (Å²) in [6.45, 7) is 6.75. The van der Waals surface area contributed by atoms with Crippen LogP contribution in [0.15, 0.2) is 67.0 Å². The molecule has 12 heteroatoms. The Morgan fingerprint density at radius 1 is 1.06 bits per heavy atom. The number of carbonyl (C=O) groups is 2. The molecule has 1 atom stereocenters. The summed E-state index contributed by atoms with van der Waals surface area (Å²) >= 11 is 14.2. The summed E-state index contributed by atoms with van der Waals surface area (Å²) in [4.78, 5) is 36.4. The topological polar surface area (TPSA) is 111 Å². The van der Waals surface area contributed by atoms with E-state index in [9.17, 15) is 9.59 Å². The molecule has 0 spiro atoms. The Labute approximate surface area is 308 Å². The number of nitrogens with zero attached hydrogens (tertiary/aromatic N) is 4. The number of rotatable bonds is 10. The molecular formula is C39H42Cl2N6O4. The van der Waals surface area contributed by atoms with Crippen molar-refractivity contribution in [3.63, 3.8) is 0 Å². The van der Waals surface area contributed by atoms with Gasteiger partial charge in [0.05, 0.1) is 35.1 Å². The molecule has 266 valence electrons. The molecule has 10 nitrogen and oxygen atoms in total. The van der Waals surface area contributed by atoms with Gasteiger partial charge in [0.15, 0.2) is 0 Å². The Hall–Kier alpha value is -4.64. The van der Waals surface area contributed by atoms with Crippen molar-refractivity contribution >= 4 is 46.2 Å². The molecule has 0 unspecified atom stereocenters. The molecule has 2 N–H and O–H groups in total. The minimum atomic E-state index is -0.680. The van der Waals surface area contributed by atoms with E-state index in [0.717, 1.165) is 51.1 Å². The van der Waals surface area contributed by atoms with Crippen LogP contribution in [-0.2, 0) is 29.7 Å². The summed E-state index contributed by atoms with van der Waals surface area (Å²) in [5.41, 5.74) is 6.45. The third kappa shape index (κ3) is 7.83. The van der Waals surface area contributed by atoms with Crippen LogP contribution < -0.4 is 15.4 Å². The number of hydrogen-bond donors (Lipinski definition) is 2. The molecule has 0 radical (unpaired) electrons. The number of nitrogens with one attached hydrogen (secondary N) is 2. The molecule has 2 aromatic carbocycles. The van der Waals surface area contributed by atoms with Crippen molar-refractivity contribution in [3.05, 3.63) is 88.2 Å². The van der Waals surface area contributed by atoms with Crippen LogP contribution in [0.1, 0.15) is 44.7 Å². The fourth-order valence-electron chi connectivity index (χ4n) is 6.44. The summed E-state index contributed by atoms with van der Waals surface area (Å²) in [7, 11) is 5.50. The fourth-order valence-corrected chi connectivity index (χ4v) is 7.09. The van der Waals surface area contributed by atoms with Gasteiger partial charge in [0.25, 0.3) is 0 Å². The van der Waals surface area contributed by atoms with E-state index < -0.39 is 11.7 Å². The average Bonchev–Trinajstić information content (AvgIpc) is 3.65. The lowest BCUT2D eigenvalue weighted by atomic mass is 9.99. The number of aromatic nitrogens is 3. The van der Waals surface area contributed by atoms with Gasteiger partial charge in [0.2, 0.25) is 5.91 Å². The molecule has 1 aliphatic rings. The number of pyridine rings is 2. The molecule has 1 fully saturated rings. The van der Waals surface area contributed by atoms with Crippen molar-refractivity contribution in [1.82, 2.24) is 30.1 Å². The Morgan fingerprint density at radius 3 is 2.53 bits per heavy atom. The lowest BCUT2D eigenvalue weighted by Crippen LogP contribution is -2.43. The summed E-state index contributed by atoms with van der Waals surface area (Å²) < 4.78 is 13.6. The van der Waals surface area contributed by atoms with Crippen LogP contribution in [0.4, 0.5) is 4.79 Å². The highest BCUT2D eigenvalue weighted by molar-refractivity contribution is 6.39. The number of ether oxygens (including phenoxy) is 2. The SMILES string of the molecule is CNCc1cn(C)c2nc(-c3cccc(-c4ccnc(-c5ccc(CN(C[C@@H]6CCC(=O)N6)C(=O)OC(C)(C)C)c(OC)c5)c4Cl)c3Cl)ccc12. The van der Waals surface area contributed by atoms with E-state index in [0.29, 0.717) is 40.9 Å². The quantitative estimate of drug-likeness (QED) is 0.150. The van der Waals surface area contributed by atoms with Gasteiger partial charge < -0.3 is 29.6 Å². The minimum Gasteiger partial charge on any atom is -0.496 e. The molecule has 1 aliphatic heterocycles. The summed E-state index contributed by atoms with van der Waals surface area (Å²) in [6, 6.07) is 17.3. The maximum Gasteiger partial charge on any atom is 0.410 e. The van der Waals surface area contributed by atoms with Crippen LogP contribution in [-0.4, -0.2) is 63.8 Å². The highest BCUT2D eigenvalue weighted by Crippen LogP contribution is 2.42. The molecule has 1 saturated heterocycles. The van der Waals surface area contributed by atoms with Crippen LogP contribution in [0.2, 0.25) is 10.0 Å². The smallest absolute Gasteiger partial charge is 0.410 e. The molecule has 3 aromatic heterocycles. The maximum atomic E-state index is 13.3. The largest absolute Gasteiger partial charge is 0.496 e. The fraction of sp³-hybridized carbons (Fsp3) is 0.333. The molecule has 0 bridgehead atoms. The van der Waals surface area contributed by atoms with Gasteiger partial charge in [0.1, 0.15) is 17.0 Å². The lowest BCUT2D eigenvalue weighted by molar-refractivity contribution is -0.119. The van der Waals surface area contributed by atoms with E-state index in [1.165, 1.54) is 5.56 Å². The lowest BCUT2D eigenvalue weighted by Gasteiger charge is -2.29. The monoisotopic (exact) mass is 728 g/mol. The third-order valence-electron chi connectivity index (χ3n) is 8.83. The highest BCUT2D eigenvalue weighted by atomic mass is 35.5. The van der Waals surface area contributed by atoms with Crippen molar-refractivity contribution in [2.45, 2.75) is 58.3 Å². The third-order valence-corrected chi connectivity index (χ3v) is 9.61. The van der Waals surface area contributed by atoms with Gasteiger partial charge >= 0.3 is 6.09 Å². The first-order valence-electron chi connectivity index (χ1n) is 16.8. The number of amides is 2. The zero-order valence-electron chi connectivity index (χ0n) is 29.6. The summed E-state index contributed by atoms with van der Waals surface area (Å²) in [5, 5.41) is 8.21. The van der Waals surface area contributed by atoms with Gasteiger partial charge in [0, 0.05) is 78.2 Å². The van der Waals surface area contributed by atoms with E-state index in [-0.39, 0.29) is 18.5 Å². The molecule has 0 aliphatic carbocycles. The van der Waals surface area contributed by atoms with Crippen LogP contribution >= 0.6 is 23.2 Å². The van der Waals surface area contributed by atoms with E-state index in [4.69, 9.17) is 37.7 Å². The summed E-state index contributed by atoms with van der Waals surface area (Å²) in [6.07, 6.45) is 4.41. The predicted molar refractivity (Wildman–Crippen MR) is 202 cm³/mol. The van der Waals surface area contributed by atoms with E-state index >= 15 is 0 Å². The van der Waals surface area contributed by atoms with Crippen LogP contribution in [0.5, 0.6) is 5.75 Å². The Kier molecular flexibility index (Phi) is 10.6. The van der Waals surface area contributed by atoms with Gasteiger partial charge in [-0.05, 0) is 64.1 Å². The number of halogens is 2. The Bertz CT molecular complexity index is 2110. The van der Waals surface area contributed by atoms with Crippen molar-refractivity contribution in [2.75, 3.05) is 20.7 Å². The summed E-state index contributed by atoms with van der Waals surface area (Å²) in [5.74, 6) is 0.537.